The average Bonchev–Trinajstić information content (AvgIpc) is 3.64. The van der Waals surface area contributed by atoms with Crippen molar-refractivity contribution in [2.24, 2.45) is 0 Å². The van der Waals surface area contributed by atoms with Crippen LogP contribution in [0.5, 0.6) is 0 Å². The van der Waals surface area contributed by atoms with E-state index >= 15 is 0 Å². The first-order chi connectivity index (χ1) is 19.1. The molecule has 1 aliphatic rings. The first-order valence-corrected chi connectivity index (χ1v) is 14.2. The van der Waals surface area contributed by atoms with E-state index in [1.54, 1.807) is 29.0 Å². The van der Waals surface area contributed by atoms with Crippen LogP contribution in [0.25, 0.3) is 21.8 Å². The number of ketones is 1. The minimum absolute atomic E-state index is 0.0530. The van der Waals surface area contributed by atoms with Gasteiger partial charge in [-0.2, -0.15) is 0 Å². The lowest BCUT2D eigenvalue weighted by atomic mass is 10.1. The van der Waals surface area contributed by atoms with E-state index in [0.29, 0.717) is 33.7 Å². The molecular weight excluding hydrogens is 508 g/mol. The van der Waals surface area contributed by atoms with Crippen LogP contribution in [0.2, 0.25) is 0 Å². The van der Waals surface area contributed by atoms with Crippen LogP contribution in [0.15, 0.2) is 88.9 Å². The summed E-state index contributed by atoms with van der Waals surface area (Å²) in [5.41, 5.74) is 3.20. The van der Waals surface area contributed by atoms with E-state index < -0.39 is 0 Å². The zero-order valence-electron chi connectivity index (χ0n) is 21.4. The number of nitrogens with zero attached hydrogens (tertiary/aromatic N) is 2. The highest BCUT2D eigenvalue weighted by atomic mass is 32.2. The monoisotopic (exact) mass is 536 g/mol. The van der Waals surface area contributed by atoms with Crippen LogP contribution >= 0.6 is 11.8 Å². The highest BCUT2D eigenvalue weighted by molar-refractivity contribution is 7.99. The number of aromatic nitrogens is 3. The molecule has 196 valence electrons. The lowest BCUT2D eigenvalue weighted by Crippen LogP contribution is -2.32. The third-order valence-corrected chi connectivity index (χ3v) is 8.25. The molecule has 0 aliphatic heterocycles. The van der Waals surface area contributed by atoms with E-state index in [4.69, 9.17) is 4.98 Å². The number of thioether (sulfide) groups is 1. The molecule has 1 fully saturated rings. The summed E-state index contributed by atoms with van der Waals surface area (Å²) < 4.78 is 1.61. The maximum absolute atomic E-state index is 13.7. The first kappa shape index (κ1) is 25.1. The molecule has 0 spiro atoms. The number of nitrogens with one attached hydrogen (secondary N) is 2. The Morgan fingerprint density at radius 3 is 2.56 bits per heavy atom. The minimum atomic E-state index is -0.200. The van der Waals surface area contributed by atoms with Crippen molar-refractivity contribution in [3.8, 4) is 0 Å². The molecule has 0 atom stereocenters. The van der Waals surface area contributed by atoms with E-state index in [1.165, 1.54) is 11.8 Å². The number of carbonyl (C=O) groups is 2. The van der Waals surface area contributed by atoms with Crippen molar-refractivity contribution in [2.45, 2.75) is 43.4 Å². The molecule has 0 unspecified atom stereocenters. The van der Waals surface area contributed by atoms with Gasteiger partial charge in [0.25, 0.3) is 11.5 Å². The normalized spacial score (nSPS) is 13.7. The fraction of sp³-hybridized carbons (Fsp3) is 0.226. The standard InChI is InChI=1S/C31H28N4O3S/c36-28(25-17-32-26-13-7-6-12-23(25)26)19-39-31-34-27-16-21(29(37)33-22-10-4-5-11-22)14-15-24(27)30(38)35(31)18-20-8-2-1-3-9-20/h1-3,6-9,12-17,22,32H,4-5,10-11,18-19H2,(H,33,37). The van der Waals surface area contributed by atoms with Gasteiger partial charge in [-0.05, 0) is 42.7 Å². The highest BCUT2D eigenvalue weighted by Gasteiger charge is 2.20. The summed E-state index contributed by atoms with van der Waals surface area (Å²) in [5.74, 6) is -0.0817. The van der Waals surface area contributed by atoms with Gasteiger partial charge in [-0.3, -0.25) is 19.0 Å². The van der Waals surface area contributed by atoms with Crippen LogP contribution in [0.1, 0.15) is 52.0 Å². The highest BCUT2D eigenvalue weighted by Crippen LogP contribution is 2.24. The van der Waals surface area contributed by atoms with Crippen LogP contribution in [-0.4, -0.2) is 38.0 Å². The van der Waals surface area contributed by atoms with Crippen LogP contribution in [0, 0.1) is 0 Å². The molecule has 2 N–H and O–H groups in total. The second kappa shape index (κ2) is 10.9. The number of H-pyrrole nitrogens is 1. The zero-order valence-corrected chi connectivity index (χ0v) is 22.2. The smallest absolute Gasteiger partial charge is 0.262 e. The molecule has 3 aromatic carbocycles. The van der Waals surface area contributed by atoms with Gasteiger partial charge in [0, 0.05) is 34.3 Å². The lowest BCUT2D eigenvalue weighted by Gasteiger charge is -2.15. The van der Waals surface area contributed by atoms with Crippen LogP contribution in [0.4, 0.5) is 0 Å². The third kappa shape index (κ3) is 5.25. The second-order valence-corrected chi connectivity index (χ2v) is 10.9. The van der Waals surface area contributed by atoms with Gasteiger partial charge < -0.3 is 10.3 Å². The van der Waals surface area contributed by atoms with E-state index in [1.807, 2.05) is 54.6 Å². The van der Waals surface area contributed by atoms with Crippen molar-refractivity contribution in [3.05, 3.63) is 106 Å². The van der Waals surface area contributed by atoms with Gasteiger partial charge in [-0.15, -0.1) is 0 Å². The van der Waals surface area contributed by atoms with Gasteiger partial charge in [0.15, 0.2) is 10.9 Å². The zero-order chi connectivity index (χ0) is 26.8. The topological polar surface area (TPSA) is 96.9 Å². The average molecular weight is 537 g/mol. The fourth-order valence-electron chi connectivity index (χ4n) is 5.21. The van der Waals surface area contributed by atoms with Gasteiger partial charge >= 0.3 is 0 Å². The number of Topliss-reactive ketones (excluding diaryl/α,β-unsaturated/α-hetero) is 1. The Hall–Kier alpha value is -4.17. The van der Waals surface area contributed by atoms with Gasteiger partial charge in [-0.1, -0.05) is 73.1 Å². The quantitative estimate of drug-likeness (QED) is 0.153. The predicted octanol–water partition coefficient (Wildman–Crippen LogP) is 5.57. The van der Waals surface area contributed by atoms with E-state index in [0.717, 1.165) is 42.1 Å². The number of fused-ring (bicyclic) bond motifs is 2. The third-order valence-electron chi connectivity index (χ3n) is 7.28. The number of para-hydroxylation sites is 1. The maximum Gasteiger partial charge on any atom is 0.262 e. The molecule has 2 aromatic heterocycles. The summed E-state index contributed by atoms with van der Waals surface area (Å²) >= 11 is 1.24. The number of rotatable bonds is 8. The number of hydrogen-bond donors (Lipinski definition) is 2. The van der Waals surface area contributed by atoms with E-state index in [-0.39, 0.29) is 29.0 Å². The lowest BCUT2D eigenvalue weighted by molar-refractivity contribution is 0.0937. The summed E-state index contributed by atoms with van der Waals surface area (Å²) in [6.07, 6.45) is 5.97. The molecule has 1 aliphatic carbocycles. The number of hydrogen-bond acceptors (Lipinski definition) is 5. The van der Waals surface area contributed by atoms with Crippen LogP contribution in [0.3, 0.4) is 0 Å². The molecule has 6 rings (SSSR count). The Bertz CT molecular complexity index is 1740. The summed E-state index contributed by atoms with van der Waals surface area (Å²) in [6, 6.07) is 22.6. The maximum atomic E-state index is 13.7. The Labute approximate surface area is 229 Å². The molecule has 0 radical (unpaired) electrons. The molecule has 1 amide bonds. The predicted molar refractivity (Wildman–Crippen MR) is 155 cm³/mol. The SMILES string of the molecule is O=C(NC1CCCC1)c1ccc2c(=O)n(Cc3ccccc3)c(SCC(=O)c3c[nH]c4ccccc34)nc2c1. The largest absolute Gasteiger partial charge is 0.360 e. The van der Waals surface area contributed by atoms with Crippen LogP contribution in [-0.2, 0) is 6.54 Å². The number of benzene rings is 3. The van der Waals surface area contributed by atoms with Crippen molar-refractivity contribution >= 4 is 45.3 Å². The Balaban J connectivity index is 1.34. The van der Waals surface area contributed by atoms with Crippen LogP contribution < -0.4 is 10.9 Å². The number of aromatic amines is 1. The van der Waals surface area contributed by atoms with Gasteiger partial charge in [-0.25, -0.2) is 4.98 Å². The molecule has 5 aromatic rings. The number of amides is 1. The second-order valence-electron chi connectivity index (χ2n) is 9.92. The molecule has 8 heteroatoms. The minimum Gasteiger partial charge on any atom is -0.360 e. The Morgan fingerprint density at radius 2 is 1.74 bits per heavy atom. The van der Waals surface area contributed by atoms with Gasteiger partial charge in [0.1, 0.15) is 0 Å². The van der Waals surface area contributed by atoms with Crippen molar-refractivity contribution in [3.63, 3.8) is 0 Å². The van der Waals surface area contributed by atoms with Gasteiger partial charge in [0.2, 0.25) is 0 Å². The molecule has 39 heavy (non-hydrogen) atoms. The molecule has 0 bridgehead atoms. The summed E-state index contributed by atoms with van der Waals surface area (Å²) in [6.45, 7) is 0.330. The molecular formula is C31H28N4O3S. The summed E-state index contributed by atoms with van der Waals surface area (Å²) in [5, 5.41) is 4.85. The van der Waals surface area contributed by atoms with Crippen molar-refractivity contribution < 1.29 is 9.59 Å². The molecule has 7 nitrogen and oxygen atoms in total. The molecule has 2 heterocycles. The van der Waals surface area contributed by atoms with E-state index in [9.17, 15) is 14.4 Å². The van der Waals surface area contributed by atoms with Crippen molar-refractivity contribution in [2.75, 3.05) is 5.75 Å². The fourth-order valence-corrected chi connectivity index (χ4v) is 6.09. The van der Waals surface area contributed by atoms with Crippen molar-refractivity contribution in [1.29, 1.82) is 0 Å². The van der Waals surface area contributed by atoms with Gasteiger partial charge in [0.05, 0.1) is 23.2 Å². The first-order valence-electron chi connectivity index (χ1n) is 13.2. The number of carbonyl (C=O) groups excluding carboxylic acids is 2. The summed E-state index contributed by atoms with van der Waals surface area (Å²) in [7, 11) is 0. The Morgan fingerprint density at radius 1 is 0.974 bits per heavy atom. The Kier molecular flexibility index (Phi) is 7.02. The van der Waals surface area contributed by atoms with E-state index in [2.05, 4.69) is 10.3 Å². The molecule has 1 saturated carbocycles. The molecule has 0 saturated heterocycles. The summed E-state index contributed by atoms with van der Waals surface area (Å²) in [4.78, 5) is 47.7. The van der Waals surface area contributed by atoms with Crippen molar-refractivity contribution in [1.82, 2.24) is 19.9 Å².